The van der Waals surface area contributed by atoms with Gasteiger partial charge in [-0.2, -0.15) is 5.10 Å². The molecule has 1 aromatic rings. The zero-order valence-electron chi connectivity index (χ0n) is 10.2. The topological polar surface area (TPSA) is 81.1 Å². The summed E-state index contributed by atoms with van der Waals surface area (Å²) < 4.78 is 1.68. The van der Waals surface area contributed by atoms with Crippen molar-refractivity contribution < 1.29 is 9.90 Å². The van der Waals surface area contributed by atoms with E-state index in [1.165, 1.54) is 0 Å². The zero-order chi connectivity index (χ0) is 12.5. The van der Waals surface area contributed by atoms with E-state index in [9.17, 15) is 4.79 Å². The van der Waals surface area contributed by atoms with Crippen molar-refractivity contribution in [3.8, 4) is 0 Å². The van der Waals surface area contributed by atoms with E-state index in [0.29, 0.717) is 0 Å². The van der Waals surface area contributed by atoms with Crippen molar-refractivity contribution in [1.29, 1.82) is 0 Å². The summed E-state index contributed by atoms with van der Waals surface area (Å²) in [6, 6.07) is -0.500. The van der Waals surface area contributed by atoms with Crippen molar-refractivity contribution in [3.63, 3.8) is 0 Å². The van der Waals surface area contributed by atoms with Gasteiger partial charge in [0.15, 0.2) is 0 Å². The Morgan fingerprint density at radius 2 is 2.19 bits per heavy atom. The zero-order valence-corrected chi connectivity index (χ0v) is 10.2. The molecule has 90 valence electrons. The van der Waals surface area contributed by atoms with Crippen molar-refractivity contribution in [3.05, 3.63) is 17.5 Å². The number of aryl methyl sites for hydroxylation is 1. The van der Waals surface area contributed by atoms with Crippen LogP contribution in [0.2, 0.25) is 0 Å². The van der Waals surface area contributed by atoms with E-state index in [1.54, 1.807) is 10.9 Å². The largest absolute Gasteiger partial charge is 0.481 e. The molecule has 1 aromatic heterocycles. The lowest BCUT2D eigenvalue weighted by molar-refractivity contribution is -0.137. The fourth-order valence-corrected chi connectivity index (χ4v) is 1.66. The van der Waals surface area contributed by atoms with E-state index >= 15 is 0 Å². The molecule has 0 amide bonds. The first-order valence-electron chi connectivity index (χ1n) is 5.23. The predicted octanol–water partition coefficient (Wildman–Crippen LogP) is 1.19. The number of rotatable bonds is 3. The molecule has 0 saturated carbocycles. The van der Waals surface area contributed by atoms with Crippen LogP contribution in [0.4, 0.5) is 0 Å². The van der Waals surface area contributed by atoms with Crippen LogP contribution in [0.1, 0.15) is 44.5 Å². The molecule has 5 nitrogen and oxygen atoms in total. The Labute approximate surface area is 95.3 Å². The third kappa shape index (κ3) is 2.82. The van der Waals surface area contributed by atoms with Crippen LogP contribution in [0.3, 0.4) is 0 Å². The molecule has 0 spiro atoms. The summed E-state index contributed by atoms with van der Waals surface area (Å²) in [5.41, 5.74) is 7.42. The number of aliphatic carboxylic acids is 1. The summed E-state index contributed by atoms with van der Waals surface area (Å²) in [4.78, 5) is 10.6. The van der Waals surface area contributed by atoms with Crippen molar-refractivity contribution >= 4 is 5.97 Å². The molecule has 0 radical (unpaired) electrons. The second-order valence-electron chi connectivity index (χ2n) is 5.06. The van der Waals surface area contributed by atoms with Gasteiger partial charge in [-0.25, -0.2) is 0 Å². The lowest BCUT2D eigenvalue weighted by atomic mass is 9.87. The van der Waals surface area contributed by atoms with Crippen LogP contribution in [-0.2, 0) is 17.3 Å². The van der Waals surface area contributed by atoms with Gasteiger partial charge in [0.05, 0.1) is 12.1 Å². The summed E-state index contributed by atoms with van der Waals surface area (Å²) in [6.45, 7) is 6.10. The molecule has 1 atom stereocenters. The predicted molar refractivity (Wildman–Crippen MR) is 61.1 cm³/mol. The summed E-state index contributed by atoms with van der Waals surface area (Å²) in [7, 11) is 1.81. The maximum Gasteiger partial charge on any atom is 0.305 e. The average molecular weight is 225 g/mol. The Kier molecular flexibility index (Phi) is 3.38. The first-order valence-corrected chi connectivity index (χ1v) is 5.23. The monoisotopic (exact) mass is 225 g/mol. The van der Waals surface area contributed by atoms with Gasteiger partial charge >= 0.3 is 5.97 Å². The number of nitrogens with zero attached hydrogens (tertiary/aromatic N) is 2. The number of nitrogens with two attached hydrogens (primary N) is 1. The van der Waals surface area contributed by atoms with Crippen LogP contribution >= 0.6 is 0 Å². The summed E-state index contributed by atoms with van der Waals surface area (Å²) in [5, 5.41) is 13.1. The molecule has 0 aliphatic carbocycles. The van der Waals surface area contributed by atoms with Gasteiger partial charge < -0.3 is 10.8 Å². The lowest BCUT2D eigenvalue weighted by Crippen LogP contribution is -2.21. The molecule has 3 N–H and O–H groups in total. The van der Waals surface area contributed by atoms with Crippen LogP contribution in [-0.4, -0.2) is 20.9 Å². The van der Waals surface area contributed by atoms with E-state index in [1.807, 2.05) is 27.8 Å². The fourth-order valence-electron chi connectivity index (χ4n) is 1.66. The fraction of sp³-hybridized carbons (Fsp3) is 0.636. The number of hydrogen-bond donors (Lipinski definition) is 2. The molecule has 0 unspecified atom stereocenters. The molecular formula is C11H19N3O2. The molecule has 0 bridgehead atoms. The highest BCUT2D eigenvalue weighted by molar-refractivity contribution is 5.68. The standard InChI is InChI=1S/C11H19N3O2/c1-11(2,3)10-7(6-14(4)13-10)8(12)5-9(15)16/h6,8H,5,12H2,1-4H3,(H,15,16)/t8-/m0/s1. The smallest absolute Gasteiger partial charge is 0.305 e. The number of hydrogen-bond acceptors (Lipinski definition) is 3. The molecule has 0 aliphatic heterocycles. The second kappa shape index (κ2) is 4.25. The van der Waals surface area contributed by atoms with Crippen molar-refractivity contribution in [1.82, 2.24) is 9.78 Å². The van der Waals surface area contributed by atoms with E-state index < -0.39 is 12.0 Å². The number of carboxylic acid groups (broad SMARTS) is 1. The van der Waals surface area contributed by atoms with Gasteiger partial charge in [-0.15, -0.1) is 0 Å². The van der Waals surface area contributed by atoms with Gasteiger partial charge in [-0.3, -0.25) is 9.48 Å². The Bertz CT molecular complexity index is 390. The summed E-state index contributed by atoms with van der Waals surface area (Å²) in [6.07, 6.45) is 1.73. The molecule has 0 aromatic carbocycles. The number of aromatic nitrogens is 2. The van der Waals surface area contributed by atoms with Crippen molar-refractivity contribution in [2.45, 2.75) is 38.6 Å². The second-order valence-corrected chi connectivity index (χ2v) is 5.06. The Balaban J connectivity index is 3.08. The van der Waals surface area contributed by atoms with Gasteiger partial charge in [0.2, 0.25) is 0 Å². The average Bonchev–Trinajstić information content (AvgIpc) is 2.45. The molecule has 5 heteroatoms. The Hall–Kier alpha value is -1.36. The highest BCUT2D eigenvalue weighted by Gasteiger charge is 2.25. The SMILES string of the molecule is Cn1cc([C@@H](N)CC(=O)O)c(C(C)(C)C)n1. The molecule has 0 aliphatic rings. The molecule has 0 saturated heterocycles. The number of carboxylic acids is 1. The van der Waals surface area contributed by atoms with E-state index in [2.05, 4.69) is 5.10 Å². The highest BCUT2D eigenvalue weighted by atomic mass is 16.4. The first-order chi connectivity index (χ1) is 7.21. The summed E-state index contributed by atoms with van der Waals surface area (Å²) in [5.74, 6) is -0.892. The van der Waals surface area contributed by atoms with E-state index in [0.717, 1.165) is 11.3 Å². The Morgan fingerprint density at radius 3 is 2.62 bits per heavy atom. The molecule has 1 heterocycles. The minimum Gasteiger partial charge on any atom is -0.481 e. The number of carbonyl (C=O) groups is 1. The molecule has 0 fully saturated rings. The van der Waals surface area contributed by atoms with Crippen LogP contribution in [0.25, 0.3) is 0 Å². The molecule has 16 heavy (non-hydrogen) atoms. The Morgan fingerprint density at radius 1 is 1.62 bits per heavy atom. The molecule has 1 rings (SSSR count). The van der Waals surface area contributed by atoms with Crippen LogP contribution < -0.4 is 5.73 Å². The van der Waals surface area contributed by atoms with E-state index in [-0.39, 0.29) is 11.8 Å². The molecular weight excluding hydrogens is 206 g/mol. The third-order valence-electron chi connectivity index (χ3n) is 2.36. The van der Waals surface area contributed by atoms with Crippen LogP contribution in [0, 0.1) is 0 Å². The van der Waals surface area contributed by atoms with Gasteiger partial charge in [0, 0.05) is 30.3 Å². The van der Waals surface area contributed by atoms with Gasteiger partial charge in [-0.05, 0) is 0 Å². The van der Waals surface area contributed by atoms with Crippen molar-refractivity contribution in [2.75, 3.05) is 0 Å². The minimum absolute atomic E-state index is 0.0746. The summed E-state index contributed by atoms with van der Waals surface area (Å²) >= 11 is 0. The van der Waals surface area contributed by atoms with E-state index in [4.69, 9.17) is 10.8 Å². The maximum atomic E-state index is 10.6. The van der Waals surface area contributed by atoms with Crippen LogP contribution in [0.5, 0.6) is 0 Å². The van der Waals surface area contributed by atoms with Crippen LogP contribution in [0.15, 0.2) is 6.20 Å². The lowest BCUT2D eigenvalue weighted by Gasteiger charge is -2.19. The third-order valence-corrected chi connectivity index (χ3v) is 2.36. The van der Waals surface area contributed by atoms with Gasteiger partial charge in [-0.1, -0.05) is 20.8 Å². The normalized spacial score (nSPS) is 13.8. The maximum absolute atomic E-state index is 10.6. The minimum atomic E-state index is -0.892. The first kappa shape index (κ1) is 12.7. The van der Waals surface area contributed by atoms with Crippen molar-refractivity contribution in [2.24, 2.45) is 12.8 Å². The van der Waals surface area contributed by atoms with Gasteiger partial charge in [0.1, 0.15) is 0 Å². The van der Waals surface area contributed by atoms with Gasteiger partial charge in [0.25, 0.3) is 0 Å². The quantitative estimate of drug-likeness (QED) is 0.809. The highest BCUT2D eigenvalue weighted by Crippen LogP contribution is 2.28.